The van der Waals surface area contributed by atoms with Gasteiger partial charge in [-0.15, -0.1) is 0 Å². The number of amides is 2. The van der Waals surface area contributed by atoms with Crippen molar-refractivity contribution in [1.29, 1.82) is 0 Å². The summed E-state index contributed by atoms with van der Waals surface area (Å²) in [6, 6.07) is 0. The molecule has 0 aromatic carbocycles. The molecule has 7 heteroatoms. The third-order valence-electron chi connectivity index (χ3n) is 3.13. The van der Waals surface area contributed by atoms with Gasteiger partial charge >= 0.3 is 0 Å². The summed E-state index contributed by atoms with van der Waals surface area (Å²) in [7, 11) is 1.38. The van der Waals surface area contributed by atoms with Gasteiger partial charge in [-0.05, 0) is 13.8 Å². The second-order valence-electron chi connectivity index (χ2n) is 4.91. The summed E-state index contributed by atoms with van der Waals surface area (Å²) < 4.78 is 4.67. The van der Waals surface area contributed by atoms with Crippen LogP contribution in [0.2, 0.25) is 0 Å². The number of carbonyl (C=O) groups is 3. The average Bonchev–Trinajstić information content (AvgIpc) is 2.55. The van der Waals surface area contributed by atoms with Crippen molar-refractivity contribution in [3.8, 4) is 0 Å². The van der Waals surface area contributed by atoms with Gasteiger partial charge in [0.1, 0.15) is 6.61 Å². The molecule has 0 unspecified atom stereocenters. The van der Waals surface area contributed by atoms with E-state index in [1.54, 1.807) is 13.8 Å². The molecule has 0 saturated carbocycles. The number of hydrogen-bond donors (Lipinski definition) is 2. The molecule has 2 aliphatic rings. The van der Waals surface area contributed by atoms with Crippen LogP contribution in [0.3, 0.4) is 0 Å². The van der Waals surface area contributed by atoms with Crippen LogP contribution in [0.5, 0.6) is 0 Å². The highest BCUT2D eigenvalue weighted by molar-refractivity contribution is 6.48. The van der Waals surface area contributed by atoms with E-state index < -0.39 is 17.1 Å². The molecular weight excluding hydrogens is 250 g/mol. The van der Waals surface area contributed by atoms with E-state index in [-0.39, 0.29) is 24.9 Å². The molecule has 0 bridgehead atoms. The third-order valence-corrected chi connectivity index (χ3v) is 3.13. The number of aliphatic imine (C=N–C) groups is 1. The Hall–Kier alpha value is -2.02. The molecule has 102 valence electrons. The molecule has 2 heterocycles. The minimum Gasteiger partial charge on any atom is -0.375 e. The SMILES string of the molecule is COCC(=O)NC1=NCC2=C(C1=O)C(C)(C)C(=O)N2. The average molecular weight is 265 g/mol. The van der Waals surface area contributed by atoms with Gasteiger partial charge in [-0.3, -0.25) is 19.4 Å². The van der Waals surface area contributed by atoms with Gasteiger partial charge in [0.05, 0.1) is 12.0 Å². The predicted molar refractivity (Wildman–Crippen MR) is 66.3 cm³/mol. The summed E-state index contributed by atoms with van der Waals surface area (Å²) in [5.41, 5.74) is -0.00970. The van der Waals surface area contributed by atoms with E-state index in [1.807, 2.05) is 0 Å². The van der Waals surface area contributed by atoms with Crippen molar-refractivity contribution < 1.29 is 19.1 Å². The molecule has 0 spiro atoms. The standard InChI is InChI=1S/C12H15N3O4/c1-12(2)8-6(14-11(12)18)4-13-10(9(8)17)15-7(16)5-19-3/h4-5H2,1-3H3,(H,14,18)(H,13,15,16). The first-order valence-corrected chi connectivity index (χ1v) is 5.81. The van der Waals surface area contributed by atoms with Crippen LogP contribution in [0.15, 0.2) is 16.3 Å². The van der Waals surface area contributed by atoms with Crippen LogP contribution < -0.4 is 10.6 Å². The molecule has 0 aliphatic carbocycles. The highest BCUT2D eigenvalue weighted by Gasteiger charge is 2.46. The molecule has 7 nitrogen and oxygen atoms in total. The molecule has 19 heavy (non-hydrogen) atoms. The summed E-state index contributed by atoms with van der Waals surface area (Å²) in [6.07, 6.45) is 0. The number of dihydropyridines is 1. The van der Waals surface area contributed by atoms with Crippen molar-refractivity contribution in [2.24, 2.45) is 10.4 Å². The monoisotopic (exact) mass is 265 g/mol. The number of methoxy groups -OCH3 is 1. The molecule has 0 fully saturated rings. The Bertz CT molecular complexity index is 531. The fraction of sp³-hybridized carbons (Fsp3) is 0.500. The molecule has 0 saturated heterocycles. The van der Waals surface area contributed by atoms with Gasteiger partial charge in [0, 0.05) is 18.4 Å². The van der Waals surface area contributed by atoms with Crippen LogP contribution in [0.1, 0.15) is 13.8 Å². The van der Waals surface area contributed by atoms with Gasteiger partial charge < -0.3 is 15.4 Å². The second kappa shape index (κ2) is 4.58. The van der Waals surface area contributed by atoms with E-state index in [0.717, 1.165) is 0 Å². The number of hydrogen-bond acceptors (Lipinski definition) is 5. The maximum Gasteiger partial charge on any atom is 0.251 e. The molecule has 2 aliphatic heterocycles. The number of ketones is 1. The molecule has 0 radical (unpaired) electrons. The lowest BCUT2D eigenvalue weighted by molar-refractivity contribution is -0.126. The number of ether oxygens (including phenoxy) is 1. The van der Waals surface area contributed by atoms with E-state index in [1.165, 1.54) is 7.11 Å². The highest BCUT2D eigenvalue weighted by Crippen LogP contribution is 2.36. The van der Waals surface area contributed by atoms with Crippen LogP contribution in [0.25, 0.3) is 0 Å². The quantitative estimate of drug-likeness (QED) is 0.679. The lowest BCUT2D eigenvalue weighted by atomic mass is 9.81. The fourth-order valence-corrected chi connectivity index (χ4v) is 2.13. The molecule has 2 N–H and O–H groups in total. The van der Waals surface area contributed by atoms with E-state index in [9.17, 15) is 14.4 Å². The summed E-state index contributed by atoms with van der Waals surface area (Å²) in [4.78, 5) is 39.4. The van der Waals surface area contributed by atoms with Gasteiger partial charge in [0.25, 0.3) is 5.91 Å². The minimum atomic E-state index is -0.903. The van der Waals surface area contributed by atoms with Crippen molar-refractivity contribution in [1.82, 2.24) is 10.6 Å². The molecule has 2 rings (SSSR count). The van der Waals surface area contributed by atoms with Crippen molar-refractivity contribution >= 4 is 23.4 Å². The highest BCUT2D eigenvalue weighted by atomic mass is 16.5. The smallest absolute Gasteiger partial charge is 0.251 e. The van der Waals surface area contributed by atoms with Crippen molar-refractivity contribution in [3.63, 3.8) is 0 Å². The summed E-state index contributed by atoms with van der Waals surface area (Å²) >= 11 is 0. The van der Waals surface area contributed by atoms with E-state index in [4.69, 9.17) is 0 Å². The lowest BCUT2D eigenvalue weighted by Gasteiger charge is -2.21. The van der Waals surface area contributed by atoms with E-state index in [0.29, 0.717) is 11.3 Å². The number of nitrogens with one attached hydrogen (secondary N) is 2. The number of carbonyl (C=O) groups excluding carboxylic acids is 3. The maximum atomic E-state index is 12.3. The van der Waals surface area contributed by atoms with Gasteiger partial charge in [0.15, 0.2) is 5.84 Å². The van der Waals surface area contributed by atoms with Crippen LogP contribution >= 0.6 is 0 Å². The van der Waals surface area contributed by atoms with E-state index >= 15 is 0 Å². The maximum absolute atomic E-state index is 12.3. The first kappa shape index (κ1) is 13.4. The molecule has 2 amide bonds. The first-order chi connectivity index (χ1) is 8.87. The first-order valence-electron chi connectivity index (χ1n) is 5.81. The predicted octanol–water partition coefficient (Wildman–Crippen LogP) is -0.860. The Morgan fingerprint density at radius 1 is 1.47 bits per heavy atom. The van der Waals surface area contributed by atoms with Crippen molar-refractivity contribution in [2.45, 2.75) is 13.8 Å². The van der Waals surface area contributed by atoms with Crippen molar-refractivity contribution in [3.05, 3.63) is 11.3 Å². The Morgan fingerprint density at radius 3 is 2.79 bits per heavy atom. The van der Waals surface area contributed by atoms with Gasteiger partial charge in [0.2, 0.25) is 11.7 Å². The summed E-state index contributed by atoms with van der Waals surface area (Å²) in [6.45, 7) is 3.36. The zero-order valence-corrected chi connectivity index (χ0v) is 11.0. The van der Waals surface area contributed by atoms with Crippen LogP contribution in [0.4, 0.5) is 0 Å². The number of nitrogens with zero attached hydrogens (tertiary/aromatic N) is 1. The van der Waals surface area contributed by atoms with Crippen molar-refractivity contribution in [2.75, 3.05) is 20.3 Å². The van der Waals surface area contributed by atoms with E-state index in [2.05, 4.69) is 20.4 Å². The zero-order valence-electron chi connectivity index (χ0n) is 11.0. The normalized spacial score (nSPS) is 20.9. The fourth-order valence-electron chi connectivity index (χ4n) is 2.13. The number of amidine groups is 1. The van der Waals surface area contributed by atoms with Gasteiger partial charge in [-0.1, -0.05) is 0 Å². The lowest BCUT2D eigenvalue weighted by Crippen LogP contribution is -2.42. The summed E-state index contributed by atoms with van der Waals surface area (Å²) in [5, 5.41) is 5.05. The minimum absolute atomic E-state index is 0.0367. The number of Topliss-reactive ketones (excluding diaryl/α,β-unsaturated/α-hetero) is 1. The third kappa shape index (κ3) is 2.17. The van der Waals surface area contributed by atoms with Gasteiger partial charge in [-0.2, -0.15) is 0 Å². The molecule has 0 aromatic heterocycles. The molecular formula is C12H15N3O4. The largest absolute Gasteiger partial charge is 0.375 e. The molecule has 0 atom stereocenters. The Balaban J connectivity index is 2.20. The van der Waals surface area contributed by atoms with Crippen LogP contribution in [-0.2, 0) is 19.1 Å². The summed E-state index contributed by atoms with van der Waals surface area (Å²) in [5.74, 6) is -1.14. The van der Waals surface area contributed by atoms with Gasteiger partial charge in [-0.25, -0.2) is 0 Å². The topological polar surface area (TPSA) is 96.9 Å². The Morgan fingerprint density at radius 2 is 2.16 bits per heavy atom. The number of rotatable bonds is 2. The van der Waals surface area contributed by atoms with Crippen LogP contribution in [0, 0.1) is 5.41 Å². The Labute approximate surface area is 110 Å². The zero-order chi connectivity index (χ0) is 14.2. The Kier molecular flexibility index (Phi) is 3.23. The van der Waals surface area contributed by atoms with Crippen LogP contribution in [-0.4, -0.2) is 43.7 Å². The second-order valence-corrected chi connectivity index (χ2v) is 4.91. The molecule has 0 aromatic rings.